The van der Waals surface area contributed by atoms with Gasteiger partial charge in [-0.3, -0.25) is 5.10 Å². The molecule has 0 amide bonds. The number of aromatic amines is 1. The Morgan fingerprint density at radius 1 is 1.12 bits per heavy atom. The van der Waals surface area contributed by atoms with E-state index in [0.29, 0.717) is 11.0 Å². The van der Waals surface area contributed by atoms with Crippen LogP contribution in [0.2, 0.25) is 0 Å². The monoisotopic (exact) mass is 362 g/mol. The number of rotatable bonds is 4. The molecule has 26 heavy (non-hydrogen) atoms. The lowest BCUT2D eigenvalue weighted by Gasteiger charge is -2.05. The van der Waals surface area contributed by atoms with Crippen LogP contribution in [0.25, 0.3) is 22.6 Å². The van der Waals surface area contributed by atoms with Crippen molar-refractivity contribution in [1.82, 2.24) is 29.9 Å². The highest BCUT2D eigenvalue weighted by Gasteiger charge is 2.20. The van der Waals surface area contributed by atoms with Gasteiger partial charge in [0.25, 0.3) is 6.43 Å². The van der Waals surface area contributed by atoms with E-state index in [-0.39, 0.29) is 23.6 Å². The molecule has 0 aliphatic heterocycles. The Bertz CT molecular complexity index is 1090. The number of hydrogen-bond donors (Lipinski definition) is 1. The van der Waals surface area contributed by atoms with E-state index >= 15 is 0 Å². The zero-order valence-electron chi connectivity index (χ0n) is 13.0. The Balaban J connectivity index is 1.82. The standard InChI is InChI=1S/C16H10F4N6/c17-10-5-1-3-8(11(10)18)7-26-16-9(4-2-6-21-16)12(25-26)14-22-15(13(19)20)24-23-14/h1-6,13H,7H2,(H,22,23,24). The van der Waals surface area contributed by atoms with Crippen LogP contribution in [0.4, 0.5) is 17.6 Å². The number of aromatic nitrogens is 6. The zero-order chi connectivity index (χ0) is 18.3. The maximum absolute atomic E-state index is 14.0. The molecule has 0 unspecified atom stereocenters. The van der Waals surface area contributed by atoms with Gasteiger partial charge in [-0.25, -0.2) is 32.2 Å². The number of nitrogens with one attached hydrogen (secondary N) is 1. The molecule has 6 nitrogen and oxygen atoms in total. The fourth-order valence-electron chi connectivity index (χ4n) is 2.59. The summed E-state index contributed by atoms with van der Waals surface area (Å²) in [5.74, 6) is -2.56. The van der Waals surface area contributed by atoms with Crippen molar-refractivity contribution in [3.63, 3.8) is 0 Å². The zero-order valence-corrected chi connectivity index (χ0v) is 13.0. The van der Waals surface area contributed by atoms with Crippen molar-refractivity contribution in [2.45, 2.75) is 13.0 Å². The summed E-state index contributed by atoms with van der Waals surface area (Å²) in [6, 6.07) is 7.14. The highest BCUT2D eigenvalue weighted by atomic mass is 19.3. The molecule has 4 rings (SSSR count). The van der Waals surface area contributed by atoms with Gasteiger partial charge < -0.3 is 0 Å². The first kappa shape index (κ1) is 16.2. The van der Waals surface area contributed by atoms with E-state index in [0.717, 1.165) is 6.07 Å². The summed E-state index contributed by atoms with van der Waals surface area (Å²) in [5.41, 5.74) is 0.664. The van der Waals surface area contributed by atoms with E-state index in [2.05, 4.69) is 25.3 Å². The lowest BCUT2D eigenvalue weighted by atomic mass is 10.2. The molecule has 0 radical (unpaired) electrons. The Hall–Kier alpha value is -3.30. The largest absolute Gasteiger partial charge is 0.296 e. The molecule has 0 saturated heterocycles. The Morgan fingerprint density at radius 3 is 2.73 bits per heavy atom. The normalized spacial score (nSPS) is 11.6. The molecule has 4 aromatic rings. The van der Waals surface area contributed by atoms with Crippen molar-refractivity contribution in [3.8, 4) is 11.5 Å². The smallest absolute Gasteiger partial charge is 0.258 e. The molecule has 0 saturated carbocycles. The summed E-state index contributed by atoms with van der Waals surface area (Å²) in [6.45, 7) is -0.0940. The number of fused-ring (bicyclic) bond motifs is 1. The van der Waals surface area contributed by atoms with Gasteiger partial charge in [-0.15, -0.1) is 0 Å². The van der Waals surface area contributed by atoms with Gasteiger partial charge >= 0.3 is 0 Å². The summed E-state index contributed by atoms with van der Waals surface area (Å²) in [5, 5.41) is 10.7. The van der Waals surface area contributed by atoms with Gasteiger partial charge in [0.15, 0.2) is 23.1 Å². The van der Waals surface area contributed by atoms with E-state index < -0.39 is 23.9 Å². The molecule has 1 N–H and O–H groups in total. The molecule has 10 heteroatoms. The molecule has 3 heterocycles. The second-order valence-corrected chi connectivity index (χ2v) is 5.44. The quantitative estimate of drug-likeness (QED) is 0.564. The molecule has 3 aromatic heterocycles. The highest BCUT2D eigenvalue weighted by Crippen LogP contribution is 2.26. The van der Waals surface area contributed by atoms with Crippen LogP contribution in [0.5, 0.6) is 0 Å². The summed E-state index contributed by atoms with van der Waals surface area (Å²) in [6.07, 6.45) is -1.29. The molecular formula is C16H10F4N6. The second kappa shape index (κ2) is 6.21. The molecule has 0 bridgehead atoms. The van der Waals surface area contributed by atoms with Gasteiger partial charge in [0.05, 0.1) is 11.9 Å². The van der Waals surface area contributed by atoms with E-state index in [4.69, 9.17) is 0 Å². The third-order valence-corrected chi connectivity index (χ3v) is 3.78. The van der Waals surface area contributed by atoms with Crippen LogP contribution >= 0.6 is 0 Å². The van der Waals surface area contributed by atoms with Crippen molar-refractivity contribution < 1.29 is 17.6 Å². The van der Waals surface area contributed by atoms with Crippen LogP contribution in [0.3, 0.4) is 0 Å². The van der Waals surface area contributed by atoms with Crippen LogP contribution in [0.1, 0.15) is 17.8 Å². The fourth-order valence-corrected chi connectivity index (χ4v) is 2.59. The van der Waals surface area contributed by atoms with Crippen LogP contribution in [-0.2, 0) is 6.54 Å². The maximum atomic E-state index is 14.0. The summed E-state index contributed by atoms with van der Waals surface area (Å²) in [7, 11) is 0. The molecule has 132 valence electrons. The first-order chi connectivity index (χ1) is 12.5. The predicted molar refractivity (Wildman–Crippen MR) is 83.3 cm³/mol. The third kappa shape index (κ3) is 2.68. The maximum Gasteiger partial charge on any atom is 0.296 e. The number of alkyl halides is 2. The lowest BCUT2D eigenvalue weighted by molar-refractivity contribution is 0.141. The molecule has 0 spiro atoms. The first-order valence-corrected chi connectivity index (χ1v) is 7.50. The minimum absolute atomic E-state index is 0.0308. The Morgan fingerprint density at radius 2 is 1.96 bits per heavy atom. The fraction of sp³-hybridized carbons (Fsp3) is 0.125. The number of nitrogens with zero attached hydrogens (tertiary/aromatic N) is 5. The Labute approximate surface area is 143 Å². The molecule has 0 fully saturated rings. The van der Waals surface area contributed by atoms with Crippen molar-refractivity contribution in [3.05, 3.63) is 59.6 Å². The molecular weight excluding hydrogens is 352 g/mol. The molecule has 1 aromatic carbocycles. The average molecular weight is 362 g/mol. The van der Waals surface area contributed by atoms with Crippen LogP contribution in [-0.4, -0.2) is 29.9 Å². The number of H-pyrrole nitrogens is 1. The van der Waals surface area contributed by atoms with Gasteiger partial charge in [-0.05, 0) is 18.2 Å². The van der Waals surface area contributed by atoms with Gasteiger partial charge in [0.1, 0.15) is 5.69 Å². The Kier molecular flexibility index (Phi) is 3.86. The highest BCUT2D eigenvalue weighted by molar-refractivity contribution is 5.89. The van der Waals surface area contributed by atoms with Crippen LogP contribution < -0.4 is 0 Å². The number of halogens is 4. The van der Waals surface area contributed by atoms with Gasteiger partial charge in [-0.1, -0.05) is 12.1 Å². The molecule has 0 aliphatic carbocycles. The van der Waals surface area contributed by atoms with Crippen LogP contribution in [0.15, 0.2) is 36.5 Å². The topological polar surface area (TPSA) is 72.3 Å². The summed E-state index contributed by atoms with van der Waals surface area (Å²) in [4.78, 5) is 7.92. The molecule has 0 aliphatic rings. The lowest BCUT2D eigenvalue weighted by Crippen LogP contribution is -2.05. The summed E-state index contributed by atoms with van der Waals surface area (Å²) < 4.78 is 54.2. The second-order valence-electron chi connectivity index (χ2n) is 5.44. The number of benzene rings is 1. The minimum Gasteiger partial charge on any atom is -0.258 e. The van der Waals surface area contributed by atoms with Crippen molar-refractivity contribution in [1.29, 1.82) is 0 Å². The van der Waals surface area contributed by atoms with Gasteiger partial charge in [0.2, 0.25) is 5.82 Å². The number of pyridine rings is 1. The van der Waals surface area contributed by atoms with E-state index in [1.807, 2.05) is 0 Å². The SMILES string of the molecule is Fc1cccc(Cn2nc(-c3n[nH]c(C(F)F)n3)c3cccnc32)c1F. The van der Waals surface area contributed by atoms with E-state index in [9.17, 15) is 17.6 Å². The third-order valence-electron chi connectivity index (χ3n) is 3.78. The summed E-state index contributed by atoms with van der Waals surface area (Å²) >= 11 is 0. The van der Waals surface area contributed by atoms with Crippen LogP contribution in [0, 0.1) is 11.6 Å². The first-order valence-electron chi connectivity index (χ1n) is 7.50. The van der Waals surface area contributed by atoms with Crippen molar-refractivity contribution >= 4 is 11.0 Å². The van der Waals surface area contributed by atoms with Crippen molar-refractivity contribution in [2.75, 3.05) is 0 Å². The van der Waals surface area contributed by atoms with Crippen molar-refractivity contribution in [2.24, 2.45) is 0 Å². The predicted octanol–water partition coefficient (Wildman–Crippen LogP) is 3.48. The average Bonchev–Trinajstić information content (AvgIpc) is 3.24. The van der Waals surface area contributed by atoms with E-state index in [1.165, 1.54) is 23.0 Å². The number of hydrogen-bond acceptors (Lipinski definition) is 4. The van der Waals surface area contributed by atoms with Gasteiger partial charge in [0, 0.05) is 11.8 Å². The van der Waals surface area contributed by atoms with Gasteiger partial charge in [-0.2, -0.15) is 10.2 Å². The molecule has 0 atom stereocenters. The van der Waals surface area contributed by atoms with E-state index in [1.54, 1.807) is 12.1 Å². The minimum atomic E-state index is -2.80.